The van der Waals surface area contributed by atoms with E-state index in [9.17, 15) is 29.4 Å². The van der Waals surface area contributed by atoms with Crippen LogP contribution in [0.15, 0.2) is 24.3 Å². The number of nitrogens with one attached hydrogen (secondary N) is 2. The first-order chi connectivity index (χ1) is 14.0. The summed E-state index contributed by atoms with van der Waals surface area (Å²) in [4.78, 5) is 47.5. The average molecular weight is 422 g/mol. The second kappa shape index (κ2) is 11.8. The number of carboxylic acid groups (broad SMARTS) is 1. The highest BCUT2D eigenvalue weighted by Gasteiger charge is 2.28. The molecule has 0 fully saturated rings. The van der Waals surface area contributed by atoms with Crippen LogP contribution in [0.3, 0.4) is 0 Å². The fourth-order valence-corrected chi connectivity index (χ4v) is 2.75. The van der Waals surface area contributed by atoms with Crippen LogP contribution in [-0.4, -0.2) is 52.0 Å². The molecule has 0 radical (unpaired) electrons. The van der Waals surface area contributed by atoms with Crippen molar-refractivity contribution in [3.8, 4) is 5.75 Å². The summed E-state index contributed by atoms with van der Waals surface area (Å²) in [5.41, 5.74) is 11.5. The molecule has 0 spiro atoms. The van der Waals surface area contributed by atoms with Crippen molar-refractivity contribution < 1.29 is 29.4 Å². The van der Waals surface area contributed by atoms with Gasteiger partial charge in [-0.25, -0.2) is 4.79 Å². The number of carboxylic acids is 1. The summed E-state index contributed by atoms with van der Waals surface area (Å²) in [6.45, 7) is 3.66. The van der Waals surface area contributed by atoms with Gasteiger partial charge in [-0.15, -0.1) is 0 Å². The minimum Gasteiger partial charge on any atom is -0.508 e. The molecule has 8 N–H and O–H groups in total. The Morgan fingerprint density at radius 2 is 1.57 bits per heavy atom. The van der Waals surface area contributed by atoms with Gasteiger partial charge < -0.3 is 32.3 Å². The van der Waals surface area contributed by atoms with Crippen LogP contribution in [0.4, 0.5) is 0 Å². The molecule has 0 bridgehead atoms. The highest BCUT2D eigenvalue weighted by atomic mass is 16.4. The van der Waals surface area contributed by atoms with Gasteiger partial charge in [0, 0.05) is 12.8 Å². The van der Waals surface area contributed by atoms with Gasteiger partial charge >= 0.3 is 5.97 Å². The monoisotopic (exact) mass is 422 g/mol. The molecule has 1 rings (SSSR count). The first kappa shape index (κ1) is 24.9. The lowest BCUT2D eigenvalue weighted by Gasteiger charge is -2.23. The molecule has 0 aliphatic carbocycles. The van der Waals surface area contributed by atoms with Crippen LogP contribution in [0.2, 0.25) is 0 Å². The lowest BCUT2D eigenvalue weighted by Crippen LogP contribution is -2.55. The number of hydrogen-bond acceptors (Lipinski definition) is 6. The highest BCUT2D eigenvalue weighted by molar-refractivity contribution is 5.92. The van der Waals surface area contributed by atoms with E-state index in [-0.39, 0.29) is 37.4 Å². The second-order valence-corrected chi connectivity index (χ2v) is 7.57. The maximum Gasteiger partial charge on any atom is 0.326 e. The molecule has 3 atom stereocenters. The van der Waals surface area contributed by atoms with Crippen LogP contribution in [0.1, 0.15) is 38.7 Å². The Morgan fingerprint density at radius 1 is 1.00 bits per heavy atom. The molecule has 10 heteroatoms. The van der Waals surface area contributed by atoms with E-state index in [2.05, 4.69) is 10.6 Å². The van der Waals surface area contributed by atoms with Crippen LogP contribution < -0.4 is 22.1 Å². The molecule has 3 amide bonds. The first-order valence-corrected chi connectivity index (χ1v) is 9.65. The number of hydrogen-bond donors (Lipinski definition) is 6. The second-order valence-electron chi connectivity index (χ2n) is 7.57. The van der Waals surface area contributed by atoms with Crippen molar-refractivity contribution in [3.05, 3.63) is 29.8 Å². The Kier molecular flexibility index (Phi) is 9.76. The summed E-state index contributed by atoms with van der Waals surface area (Å²) >= 11 is 0. The maximum atomic E-state index is 12.8. The van der Waals surface area contributed by atoms with Gasteiger partial charge in [-0.3, -0.25) is 14.4 Å². The summed E-state index contributed by atoms with van der Waals surface area (Å²) in [5.74, 6) is -3.05. The van der Waals surface area contributed by atoms with Crippen LogP contribution in [0, 0.1) is 5.92 Å². The molecule has 166 valence electrons. The van der Waals surface area contributed by atoms with E-state index < -0.39 is 41.8 Å². The molecule has 3 unspecified atom stereocenters. The van der Waals surface area contributed by atoms with Crippen molar-refractivity contribution in [2.45, 2.75) is 57.7 Å². The number of amides is 3. The number of phenolic OH excluding ortho intramolecular Hbond substituents is 1. The van der Waals surface area contributed by atoms with Crippen LogP contribution >= 0.6 is 0 Å². The summed E-state index contributed by atoms with van der Waals surface area (Å²) in [7, 11) is 0. The van der Waals surface area contributed by atoms with Gasteiger partial charge in [0.25, 0.3) is 0 Å². The van der Waals surface area contributed by atoms with Gasteiger partial charge in [-0.05, 0) is 36.5 Å². The lowest BCUT2D eigenvalue weighted by molar-refractivity contribution is -0.142. The van der Waals surface area contributed by atoms with E-state index in [1.807, 2.05) is 13.8 Å². The molecule has 1 aromatic carbocycles. The van der Waals surface area contributed by atoms with Gasteiger partial charge in [0.05, 0.1) is 6.04 Å². The number of phenols is 1. The standard InChI is InChI=1S/C20H30N4O6/c1-11(2)9-16(20(29)30)24-19(28)15(10-12-3-5-13(25)6-4-12)23-18(27)14(21)7-8-17(22)26/h3-6,11,14-16,25H,7-10,21H2,1-2H3,(H2,22,26)(H,23,27)(H,24,28)(H,29,30). The van der Waals surface area contributed by atoms with Crippen molar-refractivity contribution in [1.82, 2.24) is 10.6 Å². The minimum atomic E-state index is -1.18. The van der Waals surface area contributed by atoms with E-state index >= 15 is 0 Å². The zero-order valence-electron chi connectivity index (χ0n) is 17.1. The third-order valence-corrected chi connectivity index (χ3v) is 4.37. The number of carbonyl (C=O) groups is 4. The molecule has 10 nitrogen and oxygen atoms in total. The highest BCUT2D eigenvalue weighted by Crippen LogP contribution is 2.12. The molecule has 0 saturated heterocycles. The average Bonchev–Trinajstić information content (AvgIpc) is 2.65. The quantitative estimate of drug-likeness (QED) is 0.265. The normalized spacial score (nSPS) is 13.9. The van der Waals surface area contributed by atoms with E-state index in [1.165, 1.54) is 12.1 Å². The summed E-state index contributed by atoms with van der Waals surface area (Å²) in [6, 6.07) is 2.76. The number of rotatable bonds is 12. The van der Waals surface area contributed by atoms with Gasteiger partial charge in [0.2, 0.25) is 17.7 Å². The number of aromatic hydroxyl groups is 1. The smallest absolute Gasteiger partial charge is 0.326 e. The topological polar surface area (TPSA) is 185 Å². The Morgan fingerprint density at radius 3 is 2.07 bits per heavy atom. The number of benzene rings is 1. The van der Waals surface area contributed by atoms with Crippen molar-refractivity contribution in [2.24, 2.45) is 17.4 Å². The molecular formula is C20H30N4O6. The van der Waals surface area contributed by atoms with Crippen LogP contribution in [-0.2, 0) is 25.6 Å². The minimum absolute atomic E-state index is 0.0137. The van der Waals surface area contributed by atoms with E-state index in [0.717, 1.165) is 0 Å². The molecule has 0 aliphatic heterocycles. The number of primary amides is 1. The van der Waals surface area contributed by atoms with Gasteiger partial charge in [0.15, 0.2) is 0 Å². The first-order valence-electron chi connectivity index (χ1n) is 9.65. The van der Waals surface area contributed by atoms with Gasteiger partial charge in [-0.1, -0.05) is 26.0 Å². The molecular weight excluding hydrogens is 392 g/mol. The van der Waals surface area contributed by atoms with Crippen molar-refractivity contribution in [1.29, 1.82) is 0 Å². The van der Waals surface area contributed by atoms with Crippen molar-refractivity contribution >= 4 is 23.7 Å². The zero-order chi connectivity index (χ0) is 22.8. The van der Waals surface area contributed by atoms with Crippen molar-refractivity contribution in [3.63, 3.8) is 0 Å². The molecule has 0 aromatic heterocycles. The zero-order valence-corrected chi connectivity index (χ0v) is 17.1. The lowest BCUT2D eigenvalue weighted by atomic mass is 10.0. The Labute approximate surface area is 175 Å². The summed E-state index contributed by atoms with van der Waals surface area (Å²) < 4.78 is 0. The molecule has 0 heterocycles. The SMILES string of the molecule is CC(C)CC(NC(=O)C(Cc1ccc(O)cc1)NC(=O)C(N)CCC(N)=O)C(=O)O. The fourth-order valence-electron chi connectivity index (χ4n) is 2.75. The fraction of sp³-hybridized carbons (Fsp3) is 0.500. The number of aliphatic carboxylic acids is 1. The molecule has 0 aliphatic rings. The third-order valence-electron chi connectivity index (χ3n) is 4.37. The third kappa shape index (κ3) is 8.91. The van der Waals surface area contributed by atoms with E-state index in [0.29, 0.717) is 5.56 Å². The predicted molar refractivity (Wildman–Crippen MR) is 109 cm³/mol. The number of carbonyl (C=O) groups excluding carboxylic acids is 3. The largest absolute Gasteiger partial charge is 0.508 e. The van der Waals surface area contributed by atoms with E-state index in [4.69, 9.17) is 11.5 Å². The summed E-state index contributed by atoms with van der Waals surface area (Å²) in [6.07, 6.45) is 0.201. The number of nitrogens with two attached hydrogens (primary N) is 2. The maximum absolute atomic E-state index is 12.8. The Hall–Kier alpha value is -3.14. The molecule has 30 heavy (non-hydrogen) atoms. The van der Waals surface area contributed by atoms with Crippen LogP contribution in [0.5, 0.6) is 5.75 Å². The van der Waals surface area contributed by atoms with Gasteiger partial charge in [-0.2, -0.15) is 0 Å². The summed E-state index contributed by atoms with van der Waals surface area (Å²) in [5, 5.41) is 23.8. The van der Waals surface area contributed by atoms with Crippen molar-refractivity contribution in [2.75, 3.05) is 0 Å². The van der Waals surface area contributed by atoms with E-state index in [1.54, 1.807) is 12.1 Å². The molecule has 1 aromatic rings. The Balaban J connectivity index is 2.96. The molecule has 0 saturated carbocycles. The van der Waals surface area contributed by atoms with Gasteiger partial charge in [0.1, 0.15) is 17.8 Å². The Bertz CT molecular complexity index is 750. The van der Waals surface area contributed by atoms with Crippen LogP contribution in [0.25, 0.3) is 0 Å². The predicted octanol–water partition coefficient (Wildman–Crippen LogP) is -0.372.